The second-order valence-corrected chi connectivity index (χ2v) is 7.67. The third-order valence-electron chi connectivity index (χ3n) is 5.61. The lowest BCUT2D eigenvalue weighted by Crippen LogP contribution is -2.56. The van der Waals surface area contributed by atoms with Gasteiger partial charge in [-0.1, -0.05) is 0 Å². The lowest BCUT2D eigenvalue weighted by atomic mass is 10.1. The minimum atomic E-state index is 0.171. The molecule has 1 aromatic heterocycles. The fourth-order valence-electron chi connectivity index (χ4n) is 4.28. The molecule has 3 heterocycles. The molecule has 0 bridgehead atoms. The van der Waals surface area contributed by atoms with Crippen molar-refractivity contribution in [2.75, 3.05) is 44.2 Å². The maximum Gasteiger partial charge on any atom is 0.101 e. The molecule has 0 aliphatic carbocycles. The minimum Gasteiger partial charge on any atom is -0.370 e. The predicted molar refractivity (Wildman–Crippen MR) is 107 cm³/mol. The molecule has 1 aromatic carbocycles. The Morgan fingerprint density at radius 1 is 1.30 bits per heavy atom. The molecule has 0 saturated carbocycles. The number of hydrogen-bond donors (Lipinski definition) is 1. The van der Waals surface area contributed by atoms with Crippen LogP contribution in [0.25, 0.3) is 10.9 Å². The number of nitrogens with one attached hydrogen (secondary N) is 1. The number of nitriles is 1. The van der Waals surface area contributed by atoms with Gasteiger partial charge in [-0.3, -0.25) is 9.88 Å². The number of piperazine rings is 1. The normalized spacial score (nSPS) is 26.9. The lowest BCUT2D eigenvalue weighted by Gasteiger charge is -2.42. The average molecular weight is 365 g/mol. The molecule has 0 unspecified atom stereocenters. The third kappa shape index (κ3) is 3.77. The molecular formula is C21H27N5O. The van der Waals surface area contributed by atoms with Gasteiger partial charge >= 0.3 is 0 Å². The fourth-order valence-corrected chi connectivity index (χ4v) is 4.28. The summed E-state index contributed by atoms with van der Waals surface area (Å²) in [5, 5.41) is 13.9. The van der Waals surface area contributed by atoms with Gasteiger partial charge in [0.25, 0.3) is 0 Å². The Kier molecular flexibility index (Phi) is 5.26. The van der Waals surface area contributed by atoms with Crippen molar-refractivity contribution < 1.29 is 4.74 Å². The van der Waals surface area contributed by atoms with E-state index in [0.717, 1.165) is 55.9 Å². The Morgan fingerprint density at radius 2 is 2.19 bits per heavy atom. The standard InChI is InChI=1S/C21H27N5O/c1-15-11-23-8-9-25(15)13-18-14-26(12-16(2)27-18)20-6-5-17(10-22)21-19(20)4-3-7-24-21/h3-7,15-16,18,23H,8-9,11-14H2,1-2H3/t15-,16-,18+/m1/s1. The summed E-state index contributed by atoms with van der Waals surface area (Å²) < 4.78 is 6.27. The van der Waals surface area contributed by atoms with Gasteiger partial charge in [-0.15, -0.1) is 0 Å². The molecular weight excluding hydrogens is 338 g/mol. The number of ether oxygens (including phenoxy) is 1. The molecule has 2 saturated heterocycles. The number of rotatable bonds is 3. The van der Waals surface area contributed by atoms with Crippen LogP contribution in [0.2, 0.25) is 0 Å². The van der Waals surface area contributed by atoms with Gasteiger partial charge in [-0.25, -0.2) is 0 Å². The minimum absolute atomic E-state index is 0.171. The average Bonchev–Trinajstić information content (AvgIpc) is 2.68. The summed E-state index contributed by atoms with van der Waals surface area (Å²) >= 11 is 0. The van der Waals surface area contributed by atoms with Crippen LogP contribution in [-0.4, -0.2) is 67.4 Å². The monoisotopic (exact) mass is 365 g/mol. The summed E-state index contributed by atoms with van der Waals surface area (Å²) in [7, 11) is 0. The first-order valence-corrected chi connectivity index (χ1v) is 9.78. The molecule has 2 fully saturated rings. The highest BCUT2D eigenvalue weighted by molar-refractivity contribution is 5.95. The Morgan fingerprint density at radius 3 is 3.00 bits per heavy atom. The number of nitrogens with zero attached hydrogens (tertiary/aromatic N) is 4. The number of anilines is 1. The van der Waals surface area contributed by atoms with Crippen LogP contribution >= 0.6 is 0 Å². The molecule has 2 aromatic rings. The van der Waals surface area contributed by atoms with Gasteiger partial charge in [-0.05, 0) is 38.1 Å². The van der Waals surface area contributed by atoms with E-state index in [-0.39, 0.29) is 12.2 Å². The zero-order valence-corrected chi connectivity index (χ0v) is 16.1. The summed E-state index contributed by atoms with van der Waals surface area (Å²) in [6.45, 7) is 10.2. The van der Waals surface area contributed by atoms with Gasteiger partial charge in [0.2, 0.25) is 0 Å². The highest BCUT2D eigenvalue weighted by atomic mass is 16.5. The maximum absolute atomic E-state index is 9.39. The van der Waals surface area contributed by atoms with E-state index in [9.17, 15) is 5.26 Å². The number of hydrogen-bond acceptors (Lipinski definition) is 6. The van der Waals surface area contributed by atoms with Crippen LogP contribution in [0.1, 0.15) is 19.4 Å². The molecule has 0 radical (unpaired) electrons. The van der Waals surface area contributed by atoms with Crippen molar-refractivity contribution in [2.45, 2.75) is 32.1 Å². The molecule has 6 heteroatoms. The van der Waals surface area contributed by atoms with Crippen molar-refractivity contribution in [2.24, 2.45) is 0 Å². The van der Waals surface area contributed by atoms with Crippen molar-refractivity contribution in [1.82, 2.24) is 15.2 Å². The van der Waals surface area contributed by atoms with Crippen molar-refractivity contribution in [3.63, 3.8) is 0 Å². The second kappa shape index (κ2) is 7.81. The van der Waals surface area contributed by atoms with Crippen LogP contribution < -0.4 is 10.2 Å². The number of pyridine rings is 1. The van der Waals surface area contributed by atoms with Gasteiger partial charge in [0.1, 0.15) is 6.07 Å². The van der Waals surface area contributed by atoms with Gasteiger partial charge in [0.15, 0.2) is 0 Å². The largest absolute Gasteiger partial charge is 0.370 e. The molecule has 0 amide bonds. The molecule has 4 rings (SSSR count). The van der Waals surface area contributed by atoms with Gasteiger partial charge < -0.3 is 15.0 Å². The Bertz CT molecular complexity index is 848. The van der Waals surface area contributed by atoms with Gasteiger partial charge in [0, 0.05) is 62.6 Å². The van der Waals surface area contributed by atoms with E-state index in [1.165, 1.54) is 0 Å². The summed E-state index contributed by atoms with van der Waals surface area (Å²) in [6, 6.07) is 10.7. The van der Waals surface area contributed by atoms with Crippen LogP contribution in [0.3, 0.4) is 0 Å². The Labute approximate surface area is 160 Å². The second-order valence-electron chi connectivity index (χ2n) is 7.67. The molecule has 142 valence electrons. The molecule has 1 N–H and O–H groups in total. The quantitative estimate of drug-likeness (QED) is 0.898. The van der Waals surface area contributed by atoms with Crippen LogP contribution in [0.5, 0.6) is 0 Å². The maximum atomic E-state index is 9.39. The molecule has 2 aliphatic heterocycles. The van der Waals surface area contributed by atoms with Crippen LogP contribution in [0.4, 0.5) is 5.69 Å². The van der Waals surface area contributed by atoms with Crippen LogP contribution in [-0.2, 0) is 4.74 Å². The van der Waals surface area contributed by atoms with Crippen molar-refractivity contribution in [3.05, 3.63) is 36.0 Å². The van der Waals surface area contributed by atoms with E-state index < -0.39 is 0 Å². The number of aromatic nitrogens is 1. The lowest BCUT2D eigenvalue weighted by molar-refractivity contribution is -0.0393. The summed E-state index contributed by atoms with van der Waals surface area (Å²) in [5.41, 5.74) is 2.55. The first kappa shape index (κ1) is 18.2. The first-order chi connectivity index (χ1) is 13.2. The Balaban J connectivity index is 1.58. The highest BCUT2D eigenvalue weighted by Crippen LogP contribution is 2.30. The third-order valence-corrected chi connectivity index (χ3v) is 5.61. The number of benzene rings is 1. The number of morpholine rings is 1. The molecule has 0 spiro atoms. The van der Waals surface area contributed by atoms with E-state index in [1.54, 1.807) is 6.20 Å². The number of fused-ring (bicyclic) bond motifs is 1. The highest BCUT2D eigenvalue weighted by Gasteiger charge is 2.30. The van der Waals surface area contributed by atoms with E-state index >= 15 is 0 Å². The zero-order valence-electron chi connectivity index (χ0n) is 16.1. The summed E-state index contributed by atoms with van der Waals surface area (Å²) in [6.07, 6.45) is 2.10. The molecule has 6 nitrogen and oxygen atoms in total. The van der Waals surface area contributed by atoms with E-state index in [2.05, 4.69) is 52.2 Å². The molecule has 27 heavy (non-hydrogen) atoms. The van der Waals surface area contributed by atoms with E-state index in [1.807, 2.05) is 12.1 Å². The van der Waals surface area contributed by atoms with E-state index in [0.29, 0.717) is 11.6 Å². The molecule has 3 atom stereocenters. The van der Waals surface area contributed by atoms with Crippen molar-refractivity contribution >= 4 is 16.6 Å². The zero-order chi connectivity index (χ0) is 18.8. The molecule has 2 aliphatic rings. The van der Waals surface area contributed by atoms with Gasteiger partial charge in [0.05, 0.1) is 23.3 Å². The van der Waals surface area contributed by atoms with Crippen LogP contribution in [0.15, 0.2) is 30.5 Å². The van der Waals surface area contributed by atoms with Crippen LogP contribution in [0, 0.1) is 11.3 Å². The van der Waals surface area contributed by atoms with Crippen molar-refractivity contribution in [1.29, 1.82) is 5.26 Å². The smallest absolute Gasteiger partial charge is 0.101 e. The van der Waals surface area contributed by atoms with E-state index in [4.69, 9.17) is 4.74 Å². The predicted octanol–water partition coefficient (Wildman–Crippen LogP) is 1.99. The summed E-state index contributed by atoms with van der Waals surface area (Å²) in [4.78, 5) is 9.38. The van der Waals surface area contributed by atoms with Gasteiger partial charge in [-0.2, -0.15) is 5.26 Å². The fraction of sp³-hybridized carbons (Fsp3) is 0.524. The first-order valence-electron chi connectivity index (χ1n) is 9.78. The summed E-state index contributed by atoms with van der Waals surface area (Å²) in [5.74, 6) is 0. The SMILES string of the molecule is C[C@@H]1CN(c2ccc(C#N)c3ncccc23)C[C@H](CN2CCNC[C@H]2C)O1. The topological polar surface area (TPSA) is 64.4 Å². The Hall–Kier alpha value is -2.20. The van der Waals surface area contributed by atoms with Crippen molar-refractivity contribution in [3.8, 4) is 6.07 Å².